The van der Waals surface area contributed by atoms with Crippen molar-refractivity contribution in [3.8, 4) is 0 Å². The summed E-state index contributed by atoms with van der Waals surface area (Å²) in [5, 5.41) is 9.47. The number of nitrogens with zero attached hydrogens (tertiary/aromatic N) is 3. The van der Waals surface area contributed by atoms with Crippen LogP contribution < -0.4 is 0 Å². The Morgan fingerprint density at radius 3 is 2.65 bits per heavy atom. The maximum absolute atomic E-state index is 4.39. The standard InChI is InChI=1S/C13H20BrN3/c1-2-17-12(15-16-13(17)8-14)7-11-6-9-3-4-10(11)5-9/h9-11H,2-8H2,1H3. The molecule has 3 atom stereocenters. The molecule has 0 saturated heterocycles. The molecule has 3 rings (SSSR count). The molecule has 2 aliphatic rings. The highest BCUT2D eigenvalue weighted by Gasteiger charge is 2.39. The van der Waals surface area contributed by atoms with Crippen molar-refractivity contribution >= 4 is 15.9 Å². The molecule has 1 aromatic rings. The minimum absolute atomic E-state index is 0.810. The summed E-state index contributed by atoms with van der Waals surface area (Å²) in [5.74, 6) is 5.17. The molecule has 4 heteroatoms. The molecule has 0 aliphatic heterocycles. The molecule has 2 fully saturated rings. The fourth-order valence-corrected chi connectivity index (χ4v) is 4.26. The zero-order valence-electron chi connectivity index (χ0n) is 10.4. The third-order valence-corrected chi connectivity index (χ3v) is 5.17. The zero-order chi connectivity index (χ0) is 11.8. The van der Waals surface area contributed by atoms with Crippen LogP contribution in [0.25, 0.3) is 0 Å². The molecule has 2 saturated carbocycles. The lowest BCUT2D eigenvalue weighted by molar-refractivity contribution is 0.323. The third-order valence-electron chi connectivity index (χ3n) is 4.67. The van der Waals surface area contributed by atoms with Gasteiger partial charge in [0.2, 0.25) is 0 Å². The topological polar surface area (TPSA) is 30.7 Å². The molecule has 17 heavy (non-hydrogen) atoms. The van der Waals surface area contributed by atoms with E-state index in [9.17, 15) is 0 Å². The number of fused-ring (bicyclic) bond motifs is 2. The van der Waals surface area contributed by atoms with Gasteiger partial charge in [-0.1, -0.05) is 22.4 Å². The van der Waals surface area contributed by atoms with E-state index in [1.807, 2.05) is 0 Å². The second kappa shape index (κ2) is 4.71. The highest BCUT2D eigenvalue weighted by molar-refractivity contribution is 9.08. The molecule has 0 radical (unpaired) electrons. The van der Waals surface area contributed by atoms with Crippen LogP contribution >= 0.6 is 15.9 Å². The van der Waals surface area contributed by atoms with E-state index < -0.39 is 0 Å². The van der Waals surface area contributed by atoms with Gasteiger partial charge in [-0.25, -0.2) is 0 Å². The molecule has 2 bridgehead atoms. The van der Waals surface area contributed by atoms with Gasteiger partial charge >= 0.3 is 0 Å². The van der Waals surface area contributed by atoms with E-state index in [0.29, 0.717) is 0 Å². The molecule has 0 aromatic carbocycles. The largest absolute Gasteiger partial charge is 0.315 e. The first-order valence-electron chi connectivity index (χ1n) is 6.78. The van der Waals surface area contributed by atoms with Gasteiger partial charge in [-0.15, -0.1) is 10.2 Å². The van der Waals surface area contributed by atoms with E-state index in [4.69, 9.17) is 0 Å². The van der Waals surface area contributed by atoms with Gasteiger partial charge in [0.25, 0.3) is 0 Å². The number of aromatic nitrogens is 3. The van der Waals surface area contributed by atoms with Gasteiger partial charge in [-0.2, -0.15) is 0 Å². The van der Waals surface area contributed by atoms with Crippen molar-refractivity contribution < 1.29 is 0 Å². The number of rotatable bonds is 4. The van der Waals surface area contributed by atoms with Gasteiger partial charge in [0.15, 0.2) is 0 Å². The minimum Gasteiger partial charge on any atom is -0.315 e. The molecule has 0 spiro atoms. The molecule has 1 heterocycles. The lowest BCUT2D eigenvalue weighted by Gasteiger charge is -2.21. The van der Waals surface area contributed by atoms with Crippen molar-refractivity contribution in [3.63, 3.8) is 0 Å². The van der Waals surface area contributed by atoms with Gasteiger partial charge < -0.3 is 4.57 Å². The Morgan fingerprint density at radius 2 is 2.06 bits per heavy atom. The van der Waals surface area contributed by atoms with Crippen LogP contribution in [0.4, 0.5) is 0 Å². The number of hydrogen-bond acceptors (Lipinski definition) is 2. The van der Waals surface area contributed by atoms with Crippen LogP contribution in [0.15, 0.2) is 0 Å². The van der Waals surface area contributed by atoms with Crippen molar-refractivity contribution in [1.29, 1.82) is 0 Å². The molecule has 1 aromatic heterocycles. The average molecular weight is 298 g/mol. The van der Waals surface area contributed by atoms with Crippen molar-refractivity contribution in [2.45, 2.75) is 50.9 Å². The summed E-state index contributed by atoms with van der Waals surface area (Å²) in [5.41, 5.74) is 0. The lowest BCUT2D eigenvalue weighted by atomic mass is 9.86. The number of halogens is 1. The van der Waals surface area contributed by atoms with Gasteiger partial charge in [0.1, 0.15) is 11.6 Å². The Bertz CT molecular complexity index is 401. The van der Waals surface area contributed by atoms with Crippen molar-refractivity contribution in [3.05, 3.63) is 11.6 Å². The third kappa shape index (κ3) is 2.05. The van der Waals surface area contributed by atoms with E-state index in [1.165, 1.54) is 31.5 Å². The molecule has 3 unspecified atom stereocenters. The molecular weight excluding hydrogens is 278 g/mol. The molecule has 0 amide bonds. The van der Waals surface area contributed by atoms with Gasteiger partial charge in [0, 0.05) is 13.0 Å². The normalized spacial score (nSPS) is 31.3. The van der Waals surface area contributed by atoms with Gasteiger partial charge in [0.05, 0.1) is 5.33 Å². The van der Waals surface area contributed by atoms with Crippen LogP contribution in [0.5, 0.6) is 0 Å². The van der Waals surface area contributed by atoms with Crippen molar-refractivity contribution in [2.75, 3.05) is 0 Å². The summed E-state index contributed by atoms with van der Waals surface area (Å²) in [4.78, 5) is 0. The van der Waals surface area contributed by atoms with Crippen LogP contribution in [0.1, 0.15) is 44.3 Å². The highest BCUT2D eigenvalue weighted by atomic mass is 79.9. The Balaban J connectivity index is 1.74. The first-order valence-corrected chi connectivity index (χ1v) is 7.90. The molecular formula is C13H20BrN3. The van der Waals surface area contributed by atoms with Crippen LogP contribution in [0.3, 0.4) is 0 Å². The smallest absolute Gasteiger partial charge is 0.143 e. The summed E-state index contributed by atoms with van der Waals surface area (Å²) >= 11 is 3.48. The Morgan fingerprint density at radius 1 is 1.24 bits per heavy atom. The maximum Gasteiger partial charge on any atom is 0.143 e. The predicted octanol–water partition coefficient (Wildman–Crippen LogP) is 3.17. The van der Waals surface area contributed by atoms with Crippen molar-refractivity contribution in [1.82, 2.24) is 14.8 Å². The minimum atomic E-state index is 0.810. The fraction of sp³-hybridized carbons (Fsp3) is 0.846. The van der Waals surface area contributed by atoms with Crippen LogP contribution in [0, 0.1) is 17.8 Å². The average Bonchev–Trinajstić information content (AvgIpc) is 3.02. The molecule has 3 nitrogen and oxygen atoms in total. The number of hydrogen-bond donors (Lipinski definition) is 0. The fourth-order valence-electron chi connectivity index (χ4n) is 3.85. The summed E-state index contributed by atoms with van der Waals surface area (Å²) in [6, 6.07) is 0. The molecule has 0 N–H and O–H groups in total. The predicted molar refractivity (Wildman–Crippen MR) is 71.0 cm³/mol. The maximum atomic E-state index is 4.39. The molecule has 94 valence electrons. The summed E-state index contributed by atoms with van der Waals surface area (Å²) in [6.45, 7) is 3.17. The zero-order valence-corrected chi connectivity index (χ0v) is 12.0. The second-order valence-corrected chi connectivity index (χ2v) is 6.11. The summed E-state index contributed by atoms with van der Waals surface area (Å²) in [6.07, 6.45) is 7.01. The summed E-state index contributed by atoms with van der Waals surface area (Å²) in [7, 11) is 0. The second-order valence-electron chi connectivity index (χ2n) is 5.55. The first kappa shape index (κ1) is 11.7. The summed E-state index contributed by atoms with van der Waals surface area (Å²) < 4.78 is 2.28. The van der Waals surface area contributed by atoms with E-state index in [1.54, 1.807) is 0 Å². The van der Waals surface area contributed by atoms with E-state index in [0.717, 1.165) is 41.9 Å². The van der Waals surface area contributed by atoms with Gasteiger partial charge in [-0.05, 0) is 43.9 Å². The Labute approximate surface area is 111 Å². The van der Waals surface area contributed by atoms with Gasteiger partial charge in [-0.3, -0.25) is 0 Å². The lowest BCUT2D eigenvalue weighted by Crippen LogP contribution is -2.16. The van der Waals surface area contributed by atoms with Crippen molar-refractivity contribution in [2.24, 2.45) is 17.8 Å². The van der Waals surface area contributed by atoms with Crippen LogP contribution in [-0.4, -0.2) is 14.8 Å². The van der Waals surface area contributed by atoms with E-state index in [2.05, 4.69) is 37.6 Å². The van der Waals surface area contributed by atoms with Crippen LogP contribution in [0.2, 0.25) is 0 Å². The molecule has 2 aliphatic carbocycles. The van der Waals surface area contributed by atoms with Crippen LogP contribution in [-0.2, 0) is 18.3 Å². The Kier molecular flexibility index (Phi) is 3.24. The monoisotopic (exact) mass is 297 g/mol. The SMILES string of the molecule is CCn1c(CBr)nnc1CC1CC2CCC1C2. The highest BCUT2D eigenvalue weighted by Crippen LogP contribution is 2.49. The number of alkyl halides is 1. The van der Waals surface area contributed by atoms with E-state index in [-0.39, 0.29) is 0 Å². The van der Waals surface area contributed by atoms with E-state index >= 15 is 0 Å². The Hall–Kier alpha value is -0.380. The first-order chi connectivity index (χ1) is 8.31. The quantitative estimate of drug-likeness (QED) is 0.799.